The Hall–Kier alpha value is -2.14. The lowest BCUT2D eigenvalue weighted by Crippen LogP contribution is -2.33. The first-order valence-electron chi connectivity index (χ1n) is 7.96. The lowest BCUT2D eigenvalue weighted by atomic mass is 10.1. The first-order chi connectivity index (χ1) is 11.0. The summed E-state index contributed by atoms with van der Waals surface area (Å²) < 4.78 is 5.18. The maximum absolute atomic E-state index is 11.5. The van der Waals surface area contributed by atoms with Crippen LogP contribution in [0.15, 0.2) is 36.5 Å². The van der Waals surface area contributed by atoms with E-state index >= 15 is 0 Å². The molecule has 1 aromatic heterocycles. The van der Waals surface area contributed by atoms with Gasteiger partial charge < -0.3 is 15.4 Å². The van der Waals surface area contributed by atoms with Gasteiger partial charge in [-0.25, -0.2) is 4.79 Å². The zero-order chi connectivity index (χ0) is 16.7. The van der Waals surface area contributed by atoms with Crippen molar-refractivity contribution < 1.29 is 9.53 Å². The van der Waals surface area contributed by atoms with Crippen molar-refractivity contribution in [1.82, 2.24) is 15.6 Å². The molecule has 0 spiro atoms. The van der Waals surface area contributed by atoms with E-state index in [2.05, 4.69) is 21.7 Å². The number of hydrogen-bond donors (Lipinski definition) is 2. The summed E-state index contributed by atoms with van der Waals surface area (Å²) in [5.41, 5.74) is 1.79. The lowest BCUT2D eigenvalue weighted by Gasteiger charge is -2.19. The topological polar surface area (TPSA) is 63.2 Å². The largest absolute Gasteiger partial charge is 0.444 e. The molecule has 1 aromatic carbocycles. The van der Waals surface area contributed by atoms with Crippen LogP contribution in [0.25, 0.3) is 10.9 Å². The molecule has 0 fully saturated rings. The van der Waals surface area contributed by atoms with Crippen LogP contribution in [0.4, 0.5) is 4.79 Å². The molecule has 1 heterocycles. The molecule has 0 aliphatic heterocycles. The molecule has 1 amide bonds. The van der Waals surface area contributed by atoms with E-state index in [0.717, 1.165) is 25.0 Å². The number of carbonyl (C=O) groups is 1. The van der Waals surface area contributed by atoms with Crippen LogP contribution in [-0.2, 0) is 11.3 Å². The van der Waals surface area contributed by atoms with E-state index in [1.54, 1.807) is 0 Å². The molecular formula is C18H25N3O2. The number of aromatic nitrogens is 1. The van der Waals surface area contributed by atoms with E-state index in [1.165, 1.54) is 10.9 Å². The normalized spacial score (nSPS) is 11.4. The molecule has 2 rings (SSSR count). The monoisotopic (exact) mass is 315 g/mol. The number of ether oxygens (including phenoxy) is 1. The van der Waals surface area contributed by atoms with Crippen LogP contribution in [-0.4, -0.2) is 29.8 Å². The Bertz CT molecular complexity index is 645. The average molecular weight is 315 g/mol. The van der Waals surface area contributed by atoms with Gasteiger partial charge >= 0.3 is 6.09 Å². The van der Waals surface area contributed by atoms with Gasteiger partial charge in [-0.3, -0.25) is 4.98 Å². The average Bonchev–Trinajstić information content (AvgIpc) is 2.49. The quantitative estimate of drug-likeness (QED) is 0.803. The minimum absolute atomic E-state index is 0.363. The zero-order valence-corrected chi connectivity index (χ0v) is 14.1. The summed E-state index contributed by atoms with van der Waals surface area (Å²) >= 11 is 0. The van der Waals surface area contributed by atoms with Crippen molar-refractivity contribution >= 4 is 17.0 Å². The Labute approximate surface area is 137 Å². The van der Waals surface area contributed by atoms with Crippen molar-refractivity contribution in [2.45, 2.75) is 39.3 Å². The molecule has 124 valence electrons. The van der Waals surface area contributed by atoms with Gasteiger partial charge in [-0.1, -0.05) is 18.2 Å². The van der Waals surface area contributed by atoms with Crippen LogP contribution in [0.1, 0.15) is 32.8 Å². The maximum Gasteiger partial charge on any atom is 0.407 e. The van der Waals surface area contributed by atoms with Crippen LogP contribution >= 0.6 is 0 Å². The zero-order valence-electron chi connectivity index (χ0n) is 14.1. The number of amides is 1. The molecule has 23 heavy (non-hydrogen) atoms. The van der Waals surface area contributed by atoms with Gasteiger partial charge in [-0.2, -0.15) is 0 Å². The number of rotatable bonds is 6. The number of carbonyl (C=O) groups excluding carboxylic acids is 1. The predicted octanol–water partition coefficient (Wildman–Crippen LogP) is 3.24. The maximum atomic E-state index is 11.5. The van der Waals surface area contributed by atoms with Crippen LogP contribution in [0.5, 0.6) is 0 Å². The molecule has 0 radical (unpaired) electrons. The fraction of sp³-hybridized carbons (Fsp3) is 0.444. The second-order valence-electron chi connectivity index (χ2n) is 6.45. The lowest BCUT2D eigenvalue weighted by molar-refractivity contribution is 0.0527. The Kier molecular flexibility index (Phi) is 5.93. The number of nitrogens with one attached hydrogen (secondary N) is 2. The SMILES string of the molecule is CC(C)(C)OC(=O)NCCCNCc1ccnc2ccccc12. The van der Waals surface area contributed by atoms with Crippen LogP contribution in [0, 0.1) is 0 Å². The highest BCUT2D eigenvalue weighted by molar-refractivity contribution is 5.81. The van der Waals surface area contributed by atoms with Gasteiger partial charge in [0.15, 0.2) is 0 Å². The van der Waals surface area contributed by atoms with Crippen molar-refractivity contribution in [3.63, 3.8) is 0 Å². The molecule has 0 atom stereocenters. The van der Waals surface area contributed by atoms with Crippen molar-refractivity contribution in [2.24, 2.45) is 0 Å². The highest BCUT2D eigenvalue weighted by Crippen LogP contribution is 2.15. The second kappa shape index (κ2) is 7.92. The molecule has 0 saturated heterocycles. The summed E-state index contributed by atoms with van der Waals surface area (Å²) in [5, 5.41) is 7.33. The number of nitrogens with zero attached hydrogens (tertiary/aromatic N) is 1. The number of benzene rings is 1. The second-order valence-corrected chi connectivity index (χ2v) is 6.45. The van der Waals surface area contributed by atoms with E-state index in [-0.39, 0.29) is 6.09 Å². The van der Waals surface area contributed by atoms with Crippen LogP contribution in [0.2, 0.25) is 0 Å². The first kappa shape index (κ1) is 17.2. The molecular weight excluding hydrogens is 290 g/mol. The Balaban J connectivity index is 1.69. The van der Waals surface area contributed by atoms with Gasteiger partial charge in [0.25, 0.3) is 0 Å². The van der Waals surface area contributed by atoms with Crippen molar-refractivity contribution in [3.05, 3.63) is 42.1 Å². The van der Waals surface area contributed by atoms with E-state index in [4.69, 9.17) is 4.74 Å². The Morgan fingerprint density at radius 1 is 1.17 bits per heavy atom. The summed E-state index contributed by atoms with van der Waals surface area (Å²) in [5.74, 6) is 0. The number of hydrogen-bond acceptors (Lipinski definition) is 4. The molecule has 0 saturated carbocycles. The number of para-hydroxylation sites is 1. The summed E-state index contributed by atoms with van der Waals surface area (Å²) in [7, 11) is 0. The highest BCUT2D eigenvalue weighted by atomic mass is 16.6. The molecule has 5 nitrogen and oxygen atoms in total. The molecule has 0 aliphatic carbocycles. The molecule has 0 bridgehead atoms. The third-order valence-electron chi connectivity index (χ3n) is 3.25. The van der Waals surface area contributed by atoms with Crippen molar-refractivity contribution in [1.29, 1.82) is 0 Å². The van der Waals surface area contributed by atoms with E-state index < -0.39 is 5.60 Å². The first-order valence-corrected chi connectivity index (χ1v) is 7.96. The standard InChI is InChI=1S/C18H25N3O2/c1-18(2,3)23-17(22)21-11-6-10-19-13-14-9-12-20-16-8-5-4-7-15(14)16/h4-5,7-9,12,19H,6,10-11,13H2,1-3H3,(H,21,22). The fourth-order valence-electron chi connectivity index (χ4n) is 2.25. The van der Waals surface area contributed by atoms with Gasteiger partial charge in [-0.05, 0) is 51.4 Å². The molecule has 2 aromatic rings. The van der Waals surface area contributed by atoms with Gasteiger partial charge in [0.2, 0.25) is 0 Å². The Morgan fingerprint density at radius 2 is 1.96 bits per heavy atom. The molecule has 0 unspecified atom stereocenters. The third kappa shape index (κ3) is 5.87. The third-order valence-corrected chi connectivity index (χ3v) is 3.25. The van der Waals surface area contributed by atoms with Crippen LogP contribution < -0.4 is 10.6 Å². The number of alkyl carbamates (subject to hydrolysis) is 1. The fourth-order valence-corrected chi connectivity index (χ4v) is 2.25. The summed E-state index contributed by atoms with van der Waals surface area (Å²) in [6.07, 6.45) is 2.32. The van der Waals surface area contributed by atoms with Crippen molar-refractivity contribution in [3.8, 4) is 0 Å². The number of fused-ring (bicyclic) bond motifs is 1. The predicted molar refractivity (Wildman–Crippen MR) is 92.3 cm³/mol. The highest BCUT2D eigenvalue weighted by Gasteiger charge is 2.15. The van der Waals surface area contributed by atoms with E-state index in [0.29, 0.717) is 6.54 Å². The minimum Gasteiger partial charge on any atom is -0.444 e. The Morgan fingerprint density at radius 3 is 2.74 bits per heavy atom. The van der Waals surface area contributed by atoms with Crippen LogP contribution in [0.3, 0.4) is 0 Å². The molecule has 5 heteroatoms. The van der Waals surface area contributed by atoms with Gasteiger partial charge in [-0.15, -0.1) is 0 Å². The molecule has 0 aliphatic rings. The summed E-state index contributed by atoms with van der Waals surface area (Å²) in [4.78, 5) is 15.9. The minimum atomic E-state index is -0.454. The summed E-state index contributed by atoms with van der Waals surface area (Å²) in [6, 6.07) is 10.2. The van der Waals surface area contributed by atoms with Gasteiger partial charge in [0.1, 0.15) is 5.60 Å². The van der Waals surface area contributed by atoms with E-state index in [1.807, 2.05) is 51.2 Å². The summed E-state index contributed by atoms with van der Waals surface area (Å²) in [6.45, 7) is 7.77. The van der Waals surface area contributed by atoms with Gasteiger partial charge in [0, 0.05) is 24.7 Å². The molecule has 2 N–H and O–H groups in total. The van der Waals surface area contributed by atoms with E-state index in [9.17, 15) is 4.79 Å². The van der Waals surface area contributed by atoms with Crippen molar-refractivity contribution in [2.75, 3.05) is 13.1 Å². The smallest absolute Gasteiger partial charge is 0.407 e. The van der Waals surface area contributed by atoms with Gasteiger partial charge in [0.05, 0.1) is 5.52 Å². The number of pyridine rings is 1.